The van der Waals surface area contributed by atoms with Gasteiger partial charge in [0.25, 0.3) is 0 Å². The lowest BCUT2D eigenvalue weighted by atomic mass is 9.96. The molecule has 0 aromatic carbocycles. The molecule has 0 saturated heterocycles. The second-order valence-electron chi connectivity index (χ2n) is 6.78. The van der Waals surface area contributed by atoms with Gasteiger partial charge in [-0.25, -0.2) is 4.79 Å². The number of esters is 1. The number of ether oxygens (including phenoxy) is 1. The van der Waals surface area contributed by atoms with Crippen LogP contribution in [0.1, 0.15) is 97.8 Å². The minimum atomic E-state index is -0.257. The SMILES string of the molecule is C=C(C)C(=O)OCCCCCCCCC(C)CCCCCC. The zero-order valence-electron chi connectivity index (χ0n) is 15.3. The molecule has 1 unspecified atom stereocenters. The summed E-state index contributed by atoms with van der Waals surface area (Å²) in [5, 5.41) is 0. The number of hydrogen-bond donors (Lipinski definition) is 0. The van der Waals surface area contributed by atoms with Crippen molar-refractivity contribution in [3.8, 4) is 0 Å². The topological polar surface area (TPSA) is 26.3 Å². The lowest BCUT2D eigenvalue weighted by molar-refractivity contribution is -0.139. The molecule has 130 valence electrons. The first-order valence-corrected chi connectivity index (χ1v) is 9.40. The summed E-state index contributed by atoms with van der Waals surface area (Å²) in [7, 11) is 0. The number of rotatable bonds is 15. The molecule has 0 fully saturated rings. The summed E-state index contributed by atoms with van der Waals surface area (Å²) in [6.45, 7) is 10.5. The first-order chi connectivity index (χ1) is 10.6. The van der Waals surface area contributed by atoms with E-state index in [1.165, 1.54) is 64.2 Å². The summed E-state index contributed by atoms with van der Waals surface area (Å²) in [5.41, 5.74) is 0.490. The quantitative estimate of drug-likeness (QED) is 0.197. The van der Waals surface area contributed by atoms with Crippen molar-refractivity contribution in [2.45, 2.75) is 97.8 Å². The fourth-order valence-electron chi connectivity index (χ4n) is 2.65. The smallest absolute Gasteiger partial charge is 0.333 e. The first-order valence-electron chi connectivity index (χ1n) is 9.40. The highest BCUT2D eigenvalue weighted by Gasteiger charge is 2.03. The molecule has 0 aliphatic carbocycles. The zero-order chi connectivity index (χ0) is 16.6. The van der Waals surface area contributed by atoms with Gasteiger partial charge in [0.1, 0.15) is 0 Å². The molecule has 0 saturated carbocycles. The van der Waals surface area contributed by atoms with Crippen LogP contribution in [0.4, 0.5) is 0 Å². The van der Waals surface area contributed by atoms with Crippen LogP contribution in [0.15, 0.2) is 12.2 Å². The Bertz CT molecular complexity index is 283. The summed E-state index contributed by atoms with van der Waals surface area (Å²) >= 11 is 0. The molecule has 0 rings (SSSR count). The zero-order valence-corrected chi connectivity index (χ0v) is 15.3. The predicted molar refractivity (Wildman–Crippen MR) is 96.0 cm³/mol. The van der Waals surface area contributed by atoms with Crippen molar-refractivity contribution in [2.24, 2.45) is 5.92 Å². The number of hydrogen-bond acceptors (Lipinski definition) is 2. The van der Waals surface area contributed by atoms with Crippen molar-refractivity contribution in [1.29, 1.82) is 0 Å². The van der Waals surface area contributed by atoms with Gasteiger partial charge in [-0.3, -0.25) is 0 Å². The van der Waals surface area contributed by atoms with Gasteiger partial charge < -0.3 is 4.74 Å². The average molecular weight is 311 g/mol. The van der Waals surface area contributed by atoms with Crippen LogP contribution >= 0.6 is 0 Å². The predicted octanol–water partition coefficient (Wildman–Crippen LogP) is 6.44. The minimum absolute atomic E-state index is 0.257. The van der Waals surface area contributed by atoms with E-state index < -0.39 is 0 Å². The summed E-state index contributed by atoms with van der Waals surface area (Å²) in [4.78, 5) is 11.2. The fraction of sp³-hybridized carbons (Fsp3) is 0.850. The Hall–Kier alpha value is -0.790. The second kappa shape index (κ2) is 15.1. The van der Waals surface area contributed by atoms with E-state index in [0.717, 1.165) is 18.8 Å². The molecule has 0 aromatic rings. The van der Waals surface area contributed by atoms with Crippen molar-refractivity contribution in [1.82, 2.24) is 0 Å². The van der Waals surface area contributed by atoms with Crippen LogP contribution < -0.4 is 0 Å². The minimum Gasteiger partial charge on any atom is -0.462 e. The van der Waals surface area contributed by atoms with Gasteiger partial charge in [0, 0.05) is 5.57 Å². The van der Waals surface area contributed by atoms with Gasteiger partial charge in [-0.2, -0.15) is 0 Å². The molecule has 0 aliphatic heterocycles. The van der Waals surface area contributed by atoms with E-state index in [0.29, 0.717) is 12.2 Å². The maximum Gasteiger partial charge on any atom is 0.333 e. The van der Waals surface area contributed by atoms with E-state index in [-0.39, 0.29) is 5.97 Å². The van der Waals surface area contributed by atoms with Crippen molar-refractivity contribution in [2.75, 3.05) is 6.61 Å². The van der Waals surface area contributed by atoms with Gasteiger partial charge in [-0.05, 0) is 19.3 Å². The lowest BCUT2D eigenvalue weighted by Gasteiger charge is -2.10. The highest BCUT2D eigenvalue weighted by Crippen LogP contribution is 2.17. The largest absolute Gasteiger partial charge is 0.462 e. The van der Waals surface area contributed by atoms with Crippen LogP contribution in [0, 0.1) is 5.92 Å². The third-order valence-electron chi connectivity index (χ3n) is 4.22. The van der Waals surface area contributed by atoms with Crippen molar-refractivity contribution >= 4 is 5.97 Å². The molecule has 2 nitrogen and oxygen atoms in total. The molecule has 0 spiro atoms. The van der Waals surface area contributed by atoms with Crippen LogP contribution in [0.2, 0.25) is 0 Å². The Kier molecular flexibility index (Phi) is 14.6. The van der Waals surface area contributed by atoms with Crippen LogP contribution in [0.5, 0.6) is 0 Å². The van der Waals surface area contributed by atoms with Crippen molar-refractivity contribution < 1.29 is 9.53 Å². The van der Waals surface area contributed by atoms with E-state index in [4.69, 9.17) is 4.74 Å². The summed E-state index contributed by atoms with van der Waals surface area (Å²) in [5.74, 6) is 0.645. The molecule has 0 bridgehead atoms. The summed E-state index contributed by atoms with van der Waals surface area (Å²) in [6.07, 6.45) is 15.8. The molecule has 0 aliphatic rings. The van der Waals surface area contributed by atoms with Crippen LogP contribution in [-0.2, 0) is 9.53 Å². The molecule has 0 radical (unpaired) electrons. The normalized spacial score (nSPS) is 12.1. The van der Waals surface area contributed by atoms with Gasteiger partial charge >= 0.3 is 5.97 Å². The Morgan fingerprint density at radius 3 is 1.95 bits per heavy atom. The lowest BCUT2D eigenvalue weighted by Crippen LogP contribution is -2.05. The highest BCUT2D eigenvalue weighted by molar-refractivity contribution is 5.86. The molecule has 1 atom stereocenters. The number of carbonyl (C=O) groups is 1. The average Bonchev–Trinajstić information content (AvgIpc) is 2.49. The molecular weight excluding hydrogens is 272 g/mol. The van der Waals surface area contributed by atoms with E-state index in [1.54, 1.807) is 6.92 Å². The molecule has 0 amide bonds. The number of unbranched alkanes of at least 4 members (excludes halogenated alkanes) is 8. The highest BCUT2D eigenvalue weighted by atomic mass is 16.5. The summed E-state index contributed by atoms with van der Waals surface area (Å²) in [6, 6.07) is 0. The first kappa shape index (κ1) is 21.2. The van der Waals surface area contributed by atoms with Gasteiger partial charge in [0.15, 0.2) is 0 Å². The third kappa shape index (κ3) is 14.2. The van der Waals surface area contributed by atoms with Gasteiger partial charge in [-0.15, -0.1) is 0 Å². The Morgan fingerprint density at radius 1 is 0.909 bits per heavy atom. The molecule has 2 heteroatoms. The van der Waals surface area contributed by atoms with Crippen molar-refractivity contribution in [3.63, 3.8) is 0 Å². The molecular formula is C20H38O2. The third-order valence-corrected chi connectivity index (χ3v) is 4.22. The molecule has 22 heavy (non-hydrogen) atoms. The molecule has 0 aromatic heterocycles. The second-order valence-corrected chi connectivity index (χ2v) is 6.78. The molecule has 0 N–H and O–H groups in total. The van der Waals surface area contributed by atoms with E-state index >= 15 is 0 Å². The summed E-state index contributed by atoms with van der Waals surface area (Å²) < 4.78 is 5.08. The van der Waals surface area contributed by atoms with Gasteiger partial charge in [0.2, 0.25) is 0 Å². The maximum atomic E-state index is 11.2. The van der Waals surface area contributed by atoms with Crippen LogP contribution in [-0.4, -0.2) is 12.6 Å². The van der Waals surface area contributed by atoms with Crippen LogP contribution in [0.25, 0.3) is 0 Å². The molecule has 0 heterocycles. The fourth-order valence-corrected chi connectivity index (χ4v) is 2.65. The Balaban J connectivity index is 3.22. The van der Waals surface area contributed by atoms with E-state index in [9.17, 15) is 4.79 Å². The van der Waals surface area contributed by atoms with Gasteiger partial charge in [0.05, 0.1) is 6.61 Å². The number of carbonyl (C=O) groups excluding carboxylic acids is 1. The van der Waals surface area contributed by atoms with E-state index in [2.05, 4.69) is 20.4 Å². The maximum absolute atomic E-state index is 11.2. The van der Waals surface area contributed by atoms with Crippen molar-refractivity contribution in [3.05, 3.63) is 12.2 Å². The van der Waals surface area contributed by atoms with Gasteiger partial charge in [-0.1, -0.05) is 91.1 Å². The van der Waals surface area contributed by atoms with Crippen LogP contribution in [0.3, 0.4) is 0 Å². The standard InChI is InChI=1S/C20H38O2/c1-5-6-7-12-15-19(4)16-13-10-8-9-11-14-17-22-20(21)18(2)3/h19H,2,5-17H2,1,3-4H3. The Labute approximate surface area is 138 Å². The Morgan fingerprint density at radius 2 is 1.41 bits per heavy atom. The van der Waals surface area contributed by atoms with E-state index in [1.807, 2.05) is 0 Å². The monoisotopic (exact) mass is 310 g/mol.